The van der Waals surface area contributed by atoms with Gasteiger partial charge < -0.3 is 20.5 Å². The summed E-state index contributed by atoms with van der Waals surface area (Å²) in [6.45, 7) is 8.40. The number of carbonyl (C=O) groups excluding carboxylic acids is 3. The van der Waals surface area contributed by atoms with Crippen LogP contribution in [0.5, 0.6) is 0 Å². The maximum absolute atomic E-state index is 9.70. The third kappa shape index (κ3) is 614. The zero-order valence-corrected chi connectivity index (χ0v) is 13.6. The van der Waals surface area contributed by atoms with Crippen molar-refractivity contribution in [3.8, 4) is 0 Å². The lowest BCUT2D eigenvalue weighted by Crippen LogP contribution is -2.11. The Bertz CT molecular complexity index is 215. The average Bonchev–Trinajstić information content (AvgIpc) is 2.41. The molecule has 0 fully saturated rings. The summed E-state index contributed by atoms with van der Waals surface area (Å²) in [5.74, 6) is -0.824. The molecule has 3 N–H and O–H groups in total. The molecule has 2 amide bonds. The van der Waals surface area contributed by atoms with E-state index in [9.17, 15) is 9.59 Å². The Hall–Kier alpha value is -2.12. The molecule has 0 aromatic carbocycles. The zero-order chi connectivity index (χ0) is 17.6. The Labute approximate surface area is 135 Å². The molecule has 0 heterocycles. The fraction of sp³-hybridized carbons (Fsp3) is 0.714. The highest BCUT2D eigenvalue weighted by molar-refractivity contribution is 5.72. The molecule has 0 bridgehead atoms. The molecular weight excluding hydrogens is 292 g/mol. The van der Waals surface area contributed by atoms with Crippen molar-refractivity contribution in [3.63, 3.8) is 0 Å². The van der Waals surface area contributed by atoms with Crippen LogP contribution in [0.15, 0.2) is 0 Å². The zero-order valence-electron chi connectivity index (χ0n) is 13.6. The minimum Gasteiger partial charge on any atom is -0.481 e. The van der Waals surface area contributed by atoms with E-state index in [-0.39, 0.29) is 26.7 Å². The van der Waals surface area contributed by atoms with Gasteiger partial charge in [-0.3, -0.25) is 19.2 Å². The quantitative estimate of drug-likeness (QED) is 0.630. The monoisotopic (exact) mass is 328 g/mol. The standard InChI is InChI=1S/2C3H7NO.2C2H4O2.C2H6.2CH4/c2*1-3(5)4-2;1-4-2-3;1-2(3)4;1-2;;/h2*1-2H3,(H,4,5);2H,1H3;1H3,(H,3,4);1-2H3;2*1H4. The highest BCUT2D eigenvalue weighted by atomic mass is 16.5. The van der Waals surface area contributed by atoms with Crippen LogP contribution in [-0.4, -0.2) is 50.6 Å². The lowest BCUT2D eigenvalue weighted by atomic mass is 10.7. The molecule has 8 heteroatoms. The first kappa shape index (κ1) is 42.7. The average molecular weight is 328 g/mol. The molecule has 0 saturated carbocycles. The van der Waals surface area contributed by atoms with Crippen molar-refractivity contribution < 1.29 is 29.0 Å². The summed E-state index contributed by atoms with van der Waals surface area (Å²) in [6, 6.07) is 0. The van der Waals surface area contributed by atoms with E-state index in [2.05, 4.69) is 15.4 Å². The van der Waals surface area contributed by atoms with E-state index in [1.807, 2.05) is 13.8 Å². The van der Waals surface area contributed by atoms with Gasteiger partial charge in [0.25, 0.3) is 12.4 Å². The van der Waals surface area contributed by atoms with Gasteiger partial charge in [0.2, 0.25) is 11.8 Å². The lowest BCUT2D eigenvalue weighted by Gasteiger charge is -1.80. The van der Waals surface area contributed by atoms with Gasteiger partial charge in [0.15, 0.2) is 0 Å². The molecule has 0 spiro atoms. The number of ether oxygens (including phenoxy) is 1. The van der Waals surface area contributed by atoms with E-state index in [4.69, 9.17) is 14.7 Å². The number of methoxy groups -OCH3 is 1. The maximum Gasteiger partial charge on any atom is 0.300 e. The fourth-order valence-electron chi connectivity index (χ4n) is 0. The Kier molecular flexibility index (Phi) is 99.0. The summed E-state index contributed by atoms with van der Waals surface area (Å²) in [6.07, 6.45) is 0. The molecule has 22 heavy (non-hydrogen) atoms. The maximum atomic E-state index is 9.70. The largest absolute Gasteiger partial charge is 0.481 e. The molecule has 8 nitrogen and oxygen atoms in total. The second kappa shape index (κ2) is 51.0. The van der Waals surface area contributed by atoms with Gasteiger partial charge in [-0.1, -0.05) is 28.7 Å². The molecule has 0 aromatic heterocycles. The van der Waals surface area contributed by atoms with Crippen molar-refractivity contribution in [2.24, 2.45) is 0 Å². The second-order valence-electron chi connectivity index (χ2n) is 2.46. The smallest absolute Gasteiger partial charge is 0.300 e. The van der Waals surface area contributed by atoms with Gasteiger partial charge in [0, 0.05) is 34.9 Å². The number of amides is 2. The van der Waals surface area contributed by atoms with Crippen molar-refractivity contribution in [3.05, 3.63) is 0 Å². The number of rotatable bonds is 1. The summed E-state index contributed by atoms with van der Waals surface area (Å²) in [7, 11) is 4.51. The molecule has 0 aliphatic heterocycles. The summed E-state index contributed by atoms with van der Waals surface area (Å²) in [5.41, 5.74) is 0. The normalized spacial score (nSPS) is 5.45. The molecule has 0 saturated heterocycles. The first-order valence-electron chi connectivity index (χ1n) is 5.72. The number of carboxylic acids is 1. The van der Waals surface area contributed by atoms with Crippen LogP contribution in [-0.2, 0) is 23.9 Å². The Morgan fingerprint density at radius 3 is 1.00 bits per heavy atom. The molecule has 0 aliphatic carbocycles. The third-order valence-electron chi connectivity index (χ3n) is 0.800. The fourth-order valence-corrected chi connectivity index (χ4v) is 0. The second-order valence-corrected chi connectivity index (χ2v) is 2.46. The van der Waals surface area contributed by atoms with Crippen molar-refractivity contribution in [2.45, 2.75) is 49.5 Å². The Morgan fingerprint density at radius 2 is 1.00 bits per heavy atom. The van der Waals surface area contributed by atoms with E-state index in [0.717, 1.165) is 6.92 Å². The molecule has 138 valence electrons. The SMILES string of the molecule is C.C.CC.CC(=O)O.CNC(C)=O.CNC(C)=O.COC=O. The third-order valence-corrected chi connectivity index (χ3v) is 0.800. The van der Waals surface area contributed by atoms with Gasteiger partial charge >= 0.3 is 0 Å². The van der Waals surface area contributed by atoms with Gasteiger partial charge in [-0.2, -0.15) is 0 Å². The lowest BCUT2D eigenvalue weighted by molar-refractivity contribution is -0.134. The van der Waals surface area contributed by atoms with E-state index in [1.165, 1.54) is 21.0 Å². The van der Waals surface area contributed by atoms with E-state index in [1.54, 1.807) is 14.1 Å². The van der Waals surface area contributed by atoms with Crippen LogP contribution in [0.2, 0.25) is 0 Å². The van der Waals surface area contributed by atoms with Crippen molar-refractivity contribution in [1.82, 2.24) is 10.6 Å². The Morgan fingerprint density at radius 1 is 0.909 bits per heavy atom. The first-order chi connectivity index (χ1) is 9.19. The highest BCUT2D eigenvalue weighted by Gasteiger charge is 1.73. The summed E-state index contributed by atoms with van der Waals surface area (Å²) >= 11 is 0. The van der Waals surface area contributed by atoms with Gasteiger partial charge in [0.1, 0.15) is 0 Å². The van der Waals surface area contributed by atoms with Crippen LogP contribution in [0, 0.1) is 0 Å². The minimum absolute atomic E-state index is 0. The molecule has 0 aromatic rings. The molecule has 0 rings (SSSR count). The molecule has 0 aliphatic rings. The van der Waals surface area contributed by atoms with Gasteiger partial charge in [-0.25, -0.2) is 0 Å². The van der Waals surface area contributed by atoms with Crippen molar-refractivity contribution in [2.75, 3.05) is 21.2 Å². The van der Waals surface area contributed by atoms with Gasteiger partial charge in [-0.15, -0.1) is 0 Å². The van der Waals surface area contributed by atoms with E-state index < -0.39 is 5.97 Å². The number of carboxylic acid groups (broad SMARTS) is 1. The topological polar surface area (TPSA) is 122 Å². The van der Waals surface area contributed by atoms with Gasteiger partial charge in [0.05, 0.1) is 7.11 Å². The Balaban J connectivity index is -0.0000000256. The molecular formula is C14H36N2O6. The van der Waals surface area contributed by atoms with Crippen LogP contribution < -0.4 is 10.6 Å². The van der Waals surface area contributed by atoms with Crippen LogP contribution >= 0.6 is 0 Å². The highest BCUT2D eigenvalue weighted by Crippen LogP contribution is 1.45. The molecule has 0 unspecified atom stereocenters. The predicted molar refractivity (Wildman–Crippen MR) is 90.7 cm³/mol. The number of hydrogen-bond donors (Lipinski definition) is 3. The summed E-state index contributed by atoms with van der Waals surface area (Å²) in [5, 5.41) is 12.2. The number of nitrogens with one attached hydrogen (secondary N) is 2. The summed E-state index contributed by atoms with van der Waals surface area (Å²) < 4.78 is 3.86. The number of aliphatic carboxylic acids is 1. The van der Waals surface area contributed by atoms with Crippen LogP contribution in [0.25, 0.3) is 0 Å². The first-order valence-corrected chi connectivity index (χ1v) is 5.72. The van der Waals surface area contributed by atoms with Crippen molar-refractivity contribution >= 4 is 24.3 Å². The van der Waals surface area contributed by atoms with Crippen LogP contribution in [0.4, 0.5) is 0 Å². The number of carbonyl (C=O) groups is 4. The predicted octanol–water partition coefficient (Wildman–Crippen LogP) is 1.68. The number of hydrogen-bond acceptors (Lipinski definition) is 5. The summed E-state index contributed by atoms with van der Waals surface area (Å²) in [4.78, 5) is 37.4. The van der Waals surface area contributed by atoms with E-state index in [0.29, 0.717) is 6.47 Å². The van der Waals surface area contributed by atoms with Crippen LogP contribution in [0.3, 0.4) is 0 Å². The van der Waals surface area contributed by atoms with Crippen molar-refractivity contribution in [1.29, 1.82) is 0 Å². The molecule has 0 radical (unpaired) electrons. The van der Waals surface area contributed by atoms with E-state index >= 15 is 0 Å². The van der Waals surface area contributed by atoms with Crippen LogP contribution in [0.1, 0.15) is 49.5 Å². The van der Waals surface area contributed by atoms with Gasteiger partial charge in [-0.05, 0) is 0 Å². The molecule has 0 atom stereocenters. The minimum atomic E-state index is -0.833.